The van der Waals surface area contributed by atoms with Crippen LogP contribution in [0, 0.1) is 0 Å². The van der Waals surface area contributed by atoms with Gasteiger partial charge in [0.25, 0.3) is 0 Å². The Balaban J connectivity index is 2.26. The molecule has 2 rings (SSSR count). The molecule has 1 saturated heterocycles. The lowest BCUT2D eigenvalue weighted by Crippen LogP contribution is -2.44. The van der Waals surface area contributed by atoms with E-state index in [1.807, 2.05) is 18.7 Å². The van der Waals surface area contributed by atoms with Gasteiger partial charge in [0.1, 0.15) is 0 Å². The summed E-state index contributed by atoms with van der Waals surface area (Å²) in [7, 11) is 0. The van der Waals surface area contributed by atoms with Crippen molar-refractivity contribution in [2.45, 2.75) is 38.1 Å². The maximum atomic E-state index is 6.32. The van der Waals surface area contributed by atoms with Crippen LogP contribution in [-0.2, 0) is 0 Å². The molecule has 1 aromatic rings. The third-order valence-corrected chi connectivity index (χ3v) is 5.36. The van der Waals surface area contributed by atoms with Crippen LogP contribution in [0.2, 0.25) is 5.02 Å². The molecule has 100 valence electrons. The standard InChI is InChI=1S/C14H21ClN2S/c1-9(16)13-5-4-12(8-14(13)15)17-6-7-18-11(3)10(17)2/h4-5,8-11H,6-7,16H2,1-3H3. The molecule has 2 N–H and O–H groups in total. The third-order valence-electron chi connectivity index (χ3n) is 3.69. The Morgan fingerprint density at radius 1 is 1.44 bits per heavy atom. The summed E-state index contributed by atoms with van der Waals surface area (Å²) in [4.78, 5) is 2.44. The zero-order valence-corrected chi connectivity index (χ0v) is 12.8. The molecule has 1 aliphatic heterocycles. The van der Waals surface area contributed by atoms with Crippen LogP contribution >= 0.6 is 23.4 Å². The highest BCUT2D eigenvalue weighted by Crippen LogP contribution is 2.32. The summed E-state index contributed by atoms with van der Waals surface area (Å²) in [6, 6.07) is 6.78. The molecule has 0 bridgehead atoms. The fourth-order valence-corrected chi connectivity index (χ4v) is 3.81. The van der Waals surface area contributed by atoms with Gasteiger partial charge in [0.05, 0.1) is 0 Å². The van der Waals surface area contributed by atoms with E-state index < -0.39 is 0 Å². The summed E-state index contributed by atoms with van der Waals surface area (Å²) in [5.41, 5.74) is 8.12. The first-order valence-corrected chi connectivity index (χ1v) is 7.86. The van der Waals surface area contributed by atoms with Crippen molar-refractivity contribution in [3.05, 3.63) is 28.8 Å². The molecule has 0 radical (unpaired) electrons. The van der Waals surface area contributed by atoms with E-state index in [-0.39, 0.29) is 6.04 Å². The van der Waals surface area contributed by atoms with Gasteiger partial charge in [0.2, 0.25) is 0 Å². The Hall–Kier alpha value is -0.380. The first-order chi connectivity index (χ1) is 8.50. The predicted molar refractivity (Wildman–Crippen MR) is 82.8 cm³/mol. The quantitative estimate of drug-likeness (QED) is 0.898. The largest absolute Gasteiger partial charge is 0.367 e. The van der Waals surface area contributed by atoms with Crippen molar-refractivity contribution in [2.75, 3.05) is 17.2 Å². The minimum Gasteiger partial charge on any atom is -0.367 e. The molecular formula is C14H21ClN2S. The average Bonchev–Trinajstić information content (AvgIpc) is 2.32. The number of benzene rings is 1. The van der Waals surface area contributed by atoms with Crippen LogP contribution in [0.15, 0.2) is 18.2 Å². The fourth-order valence-electron chi connectivity index (χ4n) is 2.36. The summed E-state index contributed by atoms with van der Waals surface area (Å²) in [6.45, 7) is 7.62. The molecular weight excluding hydrogens is 264 g/mol. The van der Waals surface area contributed by atoms with Crippen molar-refractivity contribution in [1.29, 1.82) is 0 Å². The van der Waals surface area contributed by atoms with Crippen LogP contribution in [0.5, 0.6) is 0 Å². The van der Waals surface area contributed by atoms with E-state index in [1.165, 1.54) is 11.4 Å². The van der Waals surface area contributed by atoms with Crippen molar-refractivity contribution in [2.24, 2.45) is 5.73 Å². The second-order valence-corrected chi connectivity index (χ2v) is 6.90. The molecule has 2 nitrogen and oxygen atoms in total. The first-order valence-electron chi connectivity index (χ1n) is 6.44. The van der Waals surface area contributed by atoms with Crippen molar-refractivity contribution in [3.63, 3.8) is 0 Å². The molecule has 1 aliphatic rings. The van der Waals surface area contributed by atoms with Crippen LogP contribution in [0.1, 0.15) is 32.4 Å². The maximum absolute atomic E-state index is 6.32. The van der Waals surface area contributed by atoms with E-state index in [9.17, 15) is 0 Å². The Morgan fingerprint density at radius 3 is 2.78 bits per heavy atom. The number of anilines is 1. The van der Waals surface area contributed by atoms with E-state index in [0.29, 0.717) is 11.3 Å². The minimum absolute atomic E-state index is 0.0141. The summed E-state index contributed by atoms with van der Waals surface area (Å²) >= 11 is 8.36. The highest BCUT2D eigenvalue weighted by atomic mass is 35.5. The Morgan fingerprint density at radius 2 is 2.17 bits per heavy atom. The number of nitrogens with zero attached hydrogens (tertiary/aromatic N) is 1. The zero-order chi connectivity index (χ0) is 13.3. The SMILES string of the molecule is CC(N)c1ccc(N2CCSC(C)C2C)cc1Cl. The molecule has 18 heavy (non-hydrogen) atoms. The average molecular weight is 285 g/mol. The van der Waals surface area contributed by atoms with Crippen molar-refractivity contribution in [3.8, 4) is 0 Å². The van der Waals surface area contributed by atoms with Crippen LogP contribution in [0.25, 0.3) is 0 Å². The first kappa shape index (κ1) is 14.0. The Labute approximate surface area is 119 Å². The van der Waals surface area contributed by atoms with Gasteiger partial charge in [-0.2, -0.15) is 11.8 Å². The lowest BCUT2D eigenvalue weighted by atomic mass is 10.1. The number of nitrogens with two attached hydrogens (primary N) is 1. The van der Waals surface area contributed by atoms with E-state index in [2.05, 4.69) is 36.9 Å². The molecule has 0 aliphatic carbocycles. The van der Waals surface area contributed by atoms with Gasteiger partial charge >= 0.3 is 0 Å². The highest BCUT2D eigenvalue weighted by Gasteiger charge is 2.25. The normalized spacial score (nSPS) is 26.2. The topological polar surface area (TPSA) is 29.3 Å². The smallest absolute Gasteiger partial charge is 0.0474 e. The fraction of sp³-hybridized carbons (Fsp3) is 0.571. The molecule has 0 spiro atoms. The number of hydrogen-bond acceptors (Lipinski definition) is 3. The lowest BCUT2D eigenvalue weighted by Gasteiger charge is -2.39. The summed E-state index contributed by atoms with van der Waals surface area (Å²) in [5.74, 6) is 1.18. The lowest BCUT2D eigenvalue weighted by molar-refractivity contribution is 0.627. The van der Waals surface area contributed by atoms with Gasteiger partial charge < -0.3 is 10.6 Å². The van der Waals surface area contributed by atoms with Crippen molar-refractivity contribution in [1.82, 2.24) is 0 Å². The van der Waals surface area contributed by atoms with Gasteiger partial charge in [-0.3, -0.25) is 0 Å². The number of hydrogen-bond donors (Lipinski definition) is 1. The monoisotopic (exact) mass is 284 g/mol. The summed E-state index contributed by atoms with van der Waals surface area (Å²) in [6.07, 6.45) is 0. The van der Waals surface area contributed by atoms with Gasteiger partial charge in [-0.05, 0) is 31.5 Å². The van der Waals surface area contributed by atoms with Gasteiger partial charge in [0.15, 0.2) is 0 Å². The third kappa shape index (κ3) is 2.79. The number of thioether (sulfide) groups is 1. The second-order valence-electron chi connectivity index (χ2n) is 5.00. The number of rotatable bonds is 2. The summed E-state index contributed by atoms with van der Waals surface area (Å²) < 4.78 is 0. The van der Waals surface area contributed by atoms with Gasteiger partial charge in [-0.1, -0.05) is 24.6 Å². The van der Waals surface area contributed by atoms with Crippen LogP contribution in [-0.4, -0.2) is 23.6 Å². The van der Waals surface area contributed by atoms with E-state index in [1.54, 1.807) is 0 Å². The van der Waals surface area contributed by atoms with Crippen LogP contribution < -0.4 is 10.6 Å². The van der Waals surface area contributed by atoms with E-state index in [0.717, 1.165) is 17.1 Å². The molecule has 0 amide bonds. The highest BCUT2D eigenvalue weighted by molar-refractivity contribution is 8.00. The van der Waals surface area contributed by atoms with E-state index >= 15 is 0 Å². The molecule has 3 unspecified atom stereocenters. The molecule has 0 aromatic heterocycles. The minimum atomic E-state index is -0.0141. The molecule has 3 atom stereocenters. The Bertz CT molecular complexity index is 422. The predicted octanol–water partition coefficient (Wildman–Crippen LogP) is 3.69. The van der Waals surface area contributed by atoms with Gasteiger partial charge in [-0.25, -0.2) is 0 Å². The number of halogens is 1. The van der Waals surface area contributed by atoms with Crippen molar-refractivity contribution >= 4 is 29.1 Å². The van der Waals surface area contributed by atoms with Gasteiger partial charge in [-0.15, -0.1) is 0 Å². The van der Waals surface area contributed by atoms with Crippen LogP contribution in [0.4, 0.5) is 5.69 Å². The van der Waals surface area contributed by atoms with Crippen LogP contribution in [0.3, 0.4) is 0 Å². The molecule has 4 heteroatoms. The molecule has 0 saturated carbocycles. The molecule has 1 fully saturated rings. The molecule has 1 aromatic carbocycles. The molecule has 1 heterocycles. The zero-order valence-electron chi connectivity index (χ0n) is 11.2. The Kier molecular flexibility index (Phi) is 4.46. The van der Waals surface area contributed by atoms with Crippen molar-refractivity contribution < 1.29 is 0 Å². The summed E-state index contributed by atoms with van der Waals surface area (Å²) in [5, 5.41) is 1.44. The van der Waals surface area contributed by atoms with Gasteiger partial charge in [0, 0.05) is 40.3 Å². The maximum Gasteiger partial charge on any atom is 0.0474 e. The second kappa shape index (κ2) is 5.72. The van der Waals surface area contributed by atoms with E-state index in [4.69, 9.17) is 17.3 Å².